The van der Waals surface area contributed by atoms with Gasteiger partial charge in [-0.15, -0.1) is 0 Å². The summed E-state index contributed by atoms with van der Waals surface area (Å²) in [7, 11) is 0. The Morgan fingerprint density at radius 3 is 2.75 bits per heavy atom. The van der Waals surface area contributed by atoms with Crippen molar-refractivity contribution >= 4 is 5.69 Å². The summed E-state index contributed by atoms with van der Waals surface area (Å²) in [4.78, 5) is 2.25. The summed E-state index contributed by atoms with van der Waals surface area (Å²) >= 11 is 0. The molecule has 1 aliphatic carbocycles. The van der Waals surface area contributed by atoms with Gasteiger partial charge in [0.25, 0.3) is 0 Å². The van der Waals surface area contributed by atoms with Gasteiger partial charge in [-0.1, -0.05) is 25.0 Å². The van der Waals surface area contributed by atoms with E-state index in [0.29, 0.717) is 17.6 Å². The molecule has 1 aromatic rings. The van der Waals surface area contributed by atoms with Crippen LogP contribution in [0.3, 0.4) is 0 Å². The molecule has 0 radical (unpaired) electrons. The molecule has 0 aromatic heterocycles. The zero-order valence-electron chi connectivity index (χ0n) is 12.2. The number of rotatable bonds is 2. The molecule has 1 saturated heterocycles. The van der Waals surface area contributed by atoms with E-state index in [2.05, 4.69) is 4.90 Å². The van der Waals surface area contributed by atoms with Crippen molar-refractivity contribution in [2.45, 2.75) is 57.6 Å². The number of aliphatic hydroxyl groups excluding tert-OH is 1. The van der Waals surface area contributed by atoms with Crippen LogP contribution in [0.5, 0.6) is 0 Å². The Kier molecular flexibility index (Phi) is 3.97. The molecule has 1 heterocycles. The Balaban J connectivity index is 1.98. The van der Waals surface area contributed by atoms with Crippen LogP contribution < -0.4 is 4.90 Å². The van der Waals surface area contributed by atoms with Gasteiger partial charge in [-0.2, -0.15) is 0 Å². The fourth-order valence-electron chi connectivity index (χ4n) is 4.07. The number of aliphatic hydroxyl groups is 1. The molecule has 1 aliphatic heterocycles. The predicted molar refractivity (Wildman–Crippen MR) is 79.4 cm³/mol. The Labute approximate surface area is 120 Å². The lowest BCUT2D eigenvalue weighted by Crippen LogP contribution is -2.47. The first-order chi connectivity index (χ1) is 9.68. The first-order valence-corrected chi connectivity index (χ1v) is 7.91. The number of halogens is 1. The number of hydrogen-bond acceptors (Lipinski definition) is 2. The Morgan fingerprint density at radius 2 is 1.95 bits per heavy atom. The van der Waals surface area contributed by atoms with Crippen LogP contribution in [0.15, 0.2) is 18.2 Å². The summed E-state index contributed by atoms with van der Waals surface area (Å²) in [6.45, 7) is 2.64. The predicted octanol–water partition coefficient (Wildman–Crippen LogP) is 4.04. The van der Waals surface area contributed by atoms with Crippen molar-refractivity contribution in [3.8, 4) is 0 Å². The minimum absolute atomic E-state index is 0.186. The number of piperidine rings is 1. The highest BCUT2D eigenvalue weighted by molar-refractivity contribution is 5.57. The van der Waals surface area contributed by atoms with Gasteiger partial charge < -0.3 is 10.0 Å². The van der Waals surface area contributed by atoms with Crippen molar-refractivity contribution in [2.75, 3.05) is 11.4 Å². The van der Waals surface area contributed by atoms with Gasteiger partial charge in [0, 0.05) is 18.2 Å². The van der Waals surface area contributed by atoms with Gasteiger partial charge in [0.1, 0.15) is 5.82 Å². The maximum Gasteiger partial charge on any atom is 0.146 e. The molecule has 1 aromatic carbocycles. The minimum Gasteiger partial charge on any atom is -0.389 e. The second-order valence-electron chi connectivity index (χ2n) is 6.30. The van der Waals surface area contributed by atoms with Crippen molar-refractivity contribution in [1.29, 1.82) is 0 Å². The lowest BCUT2D eigenvalue weighted by molar-refractivity contribution is 0.196. The first-order valence-electron chi connectivity index (χ1n) is 7.91. The van der Waals surface area contributed by atoms with Crippen molar-refractivity contribution in [2.24, 2.45) is 5.92 Å². The van der Waals surface area contributed by atoms with E-state index in [1.54, 1.807) is 13.0 Å². The molecule has 0 bridgehead atoms. The third-order valence-corrected chi connectivity index (χ3v) is 5.00. The first kappa shape index (κ1) is 13.9. The quantitative estimate of drug-likeness (QED) is 0.882. The zero-order valence-corrected chi connectivity index (χ0v) is 12.2. The molecular weight excluding hydrogens is 253 g/mol. The van der Waals surface area contributed by atoms with Gasteiger partial charge in [-0.25, -0.2) is 4.39 Å². The highest BCUT2D eigenvalue weighted by Crippen LogP contribution is 2.40. The summed E-state index contributed by atoms with van der Waals surface area (Å²) in [5.41, 5.74) is 1.38. The summed E-state index contributed by atoms with van der Waals surface area (Å²) in [5, 5.41) is 9.96. The number of benzene rings is 1. The normalized spacial score (nSPS) is 28.1. The molecule has 3 rings (SSSR count). The van der Waals surface area contributed by atoms with Crippen LogP contribution in [0, 0.1) is 11.7 Å². The molecule has 3 atom stereocenters. The molecule has 2 nitrogen and oxygen atoms in total. The van der Waals surface area contributed by atoms with Crippen LogP contribution in [0.1, 0.15) is 57.1 Å². The van der Waals surface area contributed by atoms with Gasteiger partial charge in [-0.3, -0.25) is 0 Å². The second-order valence-corrected chi connectivity index (χ2v) is 6.30. The standard InChI is InChI=1S/C17H24FNO/c1-12(20)14-8-4-9-15(18)17(14)19-11-5-7-13-6-2-3-10-16(13)19/h4,8-9,12-13,16,20H,2-3,5-7,10-11H2,1H3/t12-,13-,16-/m1/s1. The van der Waals surface area contributed by atoms with Crippen LogP contribution in [0.2, 0.25) is 0 Å². The van der Waals surface area contributed by atoms with Crippen LogP contribution >= 0.6 is 0 Å². The molecule has 0 spiro atoms. The molecule has 0 amide bonds. The summed E-state index contributed by atoms with van der Waals surface area (Å²) < 4.78 is 14.4. The number of para-hydroxylation sites is 1. The molecule has 1 N–H and O–H groups in total. The fourth-order valence-corrected chi connectivity index (χ4v) is 4.07. The molecule has 0 unspecified atom stereocenters. The summed E-state index contributed by atoms with van der Waals surface area (Å²) in [6, 6.07) is 5.54. The average Bonchev–Trinajstić information content (AvgIpc) is 2.46. The van der Waals surface area contributed by atoms with Crippen molar-refractivity contribution < 1.29 is 9.50 Å². The van der Waals surface area contributed by atoms with Crippen LogP contribution in [-0.2, 0) is 0 Å². The van der Waals surface area contributed by atoms with Gasteiger partial charge in [0.05, 0.1) is 11.8 Å². The molecule has 3 heteroatoms. The van der Waals surface area contributed by atoms with Gasteiger partial charge >= 0.3 is 0 Å². The number of hydrogen-bond donors (Lipinski definition) is 1. The topological polar surface area (TPSA) is 23.5 Å². The molecule has 2 fully saturated rings. The Hall–Kier alpha value is -1.09. The van der Waals surface area contributed by atoms with Gasteiger partial charge in [-0.05, 0) is 44.6 Å². The summed E-state index contributed by atoms with van der Waals surface area (Å²) in [6.07, 6.45) is 6.79. The van der Waals surface area contributed by atoms with Crippen molar-refractivity contribution in [3.05, 3.63) is 29.6 Å². The van der Waals surface area contributed by atoms with Crippen LogP contribution in [0.25, 0.3) is 0 Å². The largest absolute Gasteiger partial charge is 0.389 e. The average molecular weight is 277 g/mol. The van der Waals surface area contributed by atoms with Gasteiger partial charge in [0.15, 0.2) is 0 Å². The van der Waals surface area contributed by atoms with E-state index < -0.39 is 6.10 Å². The number of nitrogens with zero attached hydrogens (tertiary/aromatic N) is 1. The highest BCUT2D eigenvalue weighted by Gasteiger charge is 2.35. The molecule has 1 saturated carbocycles. The third kappa shape index (κ3) is 2.44. The van der Waals surface area contributed by atoms with E-state index in [1.807, 2.05) is 6.07 Å². The lowest BCUT2D eigenvalue weighted by atomic mass is 9.78. The molecular formula is C17H24FNO. The van der Waals surface area contributed by atoms with Crippen LogP contribution in [0.4, 0.5) is 10.1 Å². The van der Waals surface area contributed by atoms with E-state index in [9.17, 15) is 9.50 Å². The monoisotopic (exact) mass is 277 g/mol. The van der Waals surface area contributed by atoms with E-state index in [0.717, 1.165) is 24.9 Å². The maximum absolute atomic E-state index is 14.4. The smallest absolute Gasteiger partial charge is 0.146 e. The SMILES string of the molecule is C[C@@H](O)c1cccc(F)c1N1CCC[C@H]2CCCC[C@H]21. The molecule has 2 aliphatic rings. The van der Waals surface area contributed by atoms with Crippen LogP contribution in [-0.4, -0.2) is 17.7 Å². The molecule has 20 heavy (non-hydrogen) atoms. The highest BCUT2D eigenvalue weighted by atomic mass is 19.1. The van der Waals surface area contributed by atoms with Gasteiger partial charge in [0.2, 0.25) is 0 Å². The minimum atomic E-state index is -0.621. The van der Waals surface area contributed by atoms with E-state index in [-0.39, 0.29) is 5.82 Å². The van der Waals surface area contributed by atoms with E-state index in [4.69, 9.17) is 0 Å². The zero-order chi connectivity index (χ0) is 14.1. The second kappa shape index (κ2) is 5.72. The van der Waals surface area contributed by atoms with E-state index in [1.165, 1.54) is 31.7 Å². The van der Waals surface area contributed by atoms with E-state index >= 15 is 0 Å². The fraction of sp³-hybridized carbons (Fsp3) is 0.647. The maximum atomic E-state index is 14.4. The lowest BCUT2D eigenvalue weighted by Gasteiger charge is -2.46. The Morgan fingerprint density at radius 1 is 1.20 bits per heavy atom. The number of anilines is 1. The van der Waals surface area contributed by atoms with Crippen molar-refractivity contribution in [3.63, 3.8) is 0 Å². The van der Waals surface area contributed by atoms with Crippen molar-refractivity contribution in [1.82, 2.24) is 0 Å². The number of fused-ring (bicyclic) bond motifs is 1. The Bertz CT molecular complexity index is 472. The molecule has 110 valence electrons. The summed E-state index contributed by atoms with van der Waals surface area (Å²) in [5.74, 6) is 0.522. The third-order valence-electron chi connectivity index (χ3n) is 5.00.